The van der Waals surface area contributed by atoms with E-state index in [-0.39, 0.29) is 5.97 Å². The first-order chi connectivity index (χ1) is 6.20. The van der Waals surface area contributed by atoms with E-state index in [4.69, 9.17) is 3.07 Å². The molecule has 76 valence electrons. The van der Waals surface area contributed by atoms with Crippen molar-refractivity contribution in [2.45, 2.75) is 50.4 Å². The van der Waals surface area contributed by atoms with Gasteiger partial charge in [-0.2, -0.15) is 0 Å². The predicted octanol–water partition coefficient (Wildman–Crippen LogP) is 2.44. The fraction of sp³-hybridized carbons (Fsp3) is 0.889. The van der Waals surface area contributed by atoms with Gasteiger partial charge < -0.3 is 0 Å². The molecule has 3 nitrogen and oxygen atoms in total. The van der Waals surface area contributed by atoms with Crippen LogP contribution in [-0.4, -0.2) is 26.1 Å². The van der Waals surface area contributed by atoms with E-state index in [1.807, 2.05) is 13.8 Å². The van der Waals surface area contributed by atoms with Crippen molar-refractivity contribution in [2.24, 2.45) is 0 Å². The Morgan fingerprint density at radius 3 is 2.38 bits per heavy atom. The summed E-state index contributed by atoms with van der Waals surface area (Å²) in [5.41, 5.74) is 0. The normalized spacial score (nSPS) is 9.69. The van der Waals surface area contributed by atoms with Gasteiger partial charge in [0.05, 0.1) is 0 Å². The fourth-order valence-corrected chi connectivity index (χ4v) is 4.01. The van der Waals surface area contributed by atoms with Crippen molar-refractivity contribution < 1.29 is 10.9 Å². The van der Waals surface area contributed by atoms with Gasteiger partial charge in [-0.3, -0.25) is 0 Å². The summed E-state index contributed by atoms with van der Waals surface area (Å²) in [5.74, 6) is -0.262. The third-order valence-electron chi connectivity index (χ3n) is 1.70. The number of unbranched alkanes of at least 4 members (excludes halogenated alkanes) is 2. The molecule has 0 fully saturated rings. The number of carbonyl (C=O) groups is 1. The van der Waals surface area contributed by atoms with Crippen LogP contribution in [-0.2, 0) is 10.9 Å². The van der Waals surface area contributed by atoms with Gasteiger partial charge in [-0.15, -0.1) is 0 Å². The van der Waals surface area contributed by atoms with E-state index in [0.29, 0.717) is 10.9 Å². The summed E-state index contributed by atoms with van der Waals surface area (Å²) >= 11 is -2.95. The zero-order valence-corrected chi connectivity index (χ0v) is 11.3. The van der Waals surface area contributed by atoms with Crippen LogP contribution in [0.5, 0.6) is 0 Å². The van der Waals surface area contributed by atoms with Gasteiger partial charge in [0.25, 0.3) is 0 Å². The van der Waals surface area contributed by atoms with Crippen molar-refractivity contribution in [3.8, 4) is 0 Å². The van der Waals surface area contributed by atoms with Crippen LogP contribution >= 0.6 is 0 Å². The molecule has 0 N–H and O–H groups in total. The van der Waals surface area contributed by atoms with Gasteiger partial charge in [-0.1, -0.05) is 0 Å². The van der Waals surface area contributed by atoms with E-state index in [1.165, 1.54) is 0 Å². The Morgan fingerprint density at radius 2 is 1.85 bits per heavy atom. The molecule has 0 spiro atoms. The van der Waals surface area contributed by atoms with Crippen molar-refractivity contribution in [3.05, 3.63) is 0 Å². The van der Waals surface area contributed by atoms with E-state index in [9.17, 15) is 7.87 Å². The SMILES string of the molecule is CCCCC(=O)[O][Sn](=[O])[CH2]CCC. The van der Waals surface area contributed by atoms with Gasteiger partial charge in [0.2, 0.25) is 0 Å². The Hall–Kier alpha value is 0.0687. The monoisotopic (exact) mass is 294 g/mol. The van der Waals surface area contributed by atoms with Crippen LogP contribution in [0.1, 0.15) is 46.0 Å². The molecule has 0 aromatic rings. The first-order valence-electron chi connectivity index (χ1n) is 4.94. The second-order valence-corrected chi connectivity index (χ2v) is 7.19. The number of hydrogen-bond donors (Lipinski definition) is 0. The van der Waals surface area contributed by atoms with Gasteiger partial charge in [0.1, 0.15) is 0 Å². The molecule has 13 heavy (non-hydrogen) atoms. The van der Waals surface area contributed by atoms with Gasteiger partial charge >= 0.3 is 87.5 Å². The molecule has 0 amide bonds. The Balaban J connectivity index is 3.47. The van der Waals surface area contributed by atoms with E-state index in [0.717, 1.165) is 25.7 Å². The van der Waals surface area contributed by atoms with E-state index < -0.39 is 20.2 Å². The average molecular weight is 293 g/mol. The molecule has 0 radical (unpaired) electrons. The summed E-state index contributed by atoms with van der Waals surface area (Å²) < 4.78 is 16.7. The molecule has 0 aromatic carbocycles. The zero-order chi connectivity index (χ0) is 10.1. The summed E-state index contributed by atoms with van der Waals surface area (Å²) in [7, 11) is 0. The first-order valence-corrected chi connectivity index (χ1v) is 9.29. The fourth-order valence-electron chi connectivity index (χ4n) is 0.871. The summed E-state index contributed by atoms with van der Waals surface area (Å²) in [6, 6.07) is 0. The van der Waals surface area contributed by atoms with Crippen LogP contribution in [0.4, 0.5) is 0 Å². The summed E-state index contributed by atoms with van der Waals surface area (Å²) in [5, 5.41) is 0. The molecular weight excluding hydrogens is 275 g/mol. The van der Waals surface area contributed by atoms with Crippen molar-refractivity contribution in [1.29, 1.82) is 0 Å². The molecule has 0 unspecified atom stereocenters. The van der Waals surface area contributed by atoms with Crippen LogP contribution in [0, 0.1) is 0 Å². The van der Waals surface area contributed by atoms with Crippen LogP contribution in [0.25, 0.3) is 0 Å². The minimum absolute atomic E-state index is 0.262. The van der Waals surface area contributed by atoms with Crippen molar-refractivity contribution in [1.82, 2.24) is 0 Å². The minimum atomic E-state index is -2.95. The van der Waals surface area contributed by atoms with E-state index >= 15 is 0 Å². The van der Waals surface area contributed by atoms with Crippen LogP contribution in [0.3, 0.4) is 0 Å². The van der Waals surface area contributed by atoms with Gasteiger partial charge in [-0.05, 0) is 0 Å². The molecule has 0 aliphatic rings. The molecule has 0 heterocycles. The summed E-state index contributed by atoms with van der Waals surface area (Å²) in [4.78, 5) is 11.0. The van der Waals surface area contributed by atoms with Crippen molar-refractivity contribution >= 4 is 26.1 Å². The van der Waals surface area contributed by atoms with Crippen LogP contribution in [0.15, 0.2) is 0 Å². The number of rotatable bonds is 7. The Morgan fingerprint density at radius 1 is 1.23 bits per heavy atom. The Bertz CT molecular complexity index is 150. The van der Waals surface area contributed by atoms with Gasteiger partial charge in [0.15, 0.2) is 0 Å². The molecule has 0 aliphatic carbocycles. The number of carbonyl (C=O) groups excluding carboxylic acids is 1. The molecule has 0 atom stereocenters. The van der Waals surface area contributed by atoms with Gasteiger partial charge in [0, 0.05) is 0 Å². The molecule has 0 aliphatic heterocycles. The first kappa shape index (κ1) is 13.1. The van der Waals surface area contributed by atoms with E-state index in [2.05, 4.69) is 0 Å². The van der Waals surface area contributed by atoms with E-state index in [1.54, 1.807) is 0 Å². The zero-order valence-electron chi connectivity index (χ0n) is 8.47. The Labute approximate surface area is 87.5 Å². The molecule has 0 saturated heterocycles. The molecule has 0 aromatic heterocycles. The average Bonchev–Trinajstić information content (AvgIpc) is 2.11. The third kappa shape index (κ3) is 8.40. The molecule has 0 saturated carbocycles. The topological polar surface area (TPSA) is 43.4 Å². The summed E-state index contributed by atoms with van der Waals surface area (Å²) in [6.45, 7) is 4.05. The Kier molecular flexibility index (Phi) is 8.70. The molecular formula is C9H18O3Sn. The second kappa shape index (κ2) is 8.66. The van der Waals surface area contributed by atoms with Crippen LogP contribution in [0.2, 0.25) is 4.44 Å². The van der Waals surface area contributed by atoms with Gasteiger partial charge in [-0.25, -0.2) is 0 Å². The van der Waals surface area contributed by atoms with Crippen LogP contribution < -0.4 is 0 Å². The summed E-state index contributed by atoms with van der Waals surface area (Å²) in [6.07, 6.45) is 4.16. The maximum absolute atomic E-state index is 11.2. The predicted molar refractivity (Wildman–Crippen MR) is 51.8 cm³/mol. The third-order valence-corrected chi connectivity index (χ3v) is 5.17. The maximum atomic E-state index is 11.2. The molecule has 0 rings (SSSR count). The molecule has 4 heteroatoms. The van der Waals surface area contributed by atoms with Crippen molar-refractivity contribution in [3.63, 3.8) is 0 Å². The standard InChI is InChI=1S/C5H10O2.C4H9.O.Sn/c1-2-3-4-5(6)7;1-3-4-2;;/h2-4H2,1H3,(H,6,7);1,3-4H2,2H3;;/q;;;+1/p-1. The molecule has 0 bridgehead atoms. The quantitative estimate of drug-likeness (QED) is 0.677. The second-order valence-electron chi connectivity index (χ2n) is 3.05. The van der Waals surface area contributed by atoms with Crippen molar-refractivity contribution in [2.75, 3.05) is 0 Å². The number of hydrogen-bond acceptors (Lipinski definition) is 3.